The highest BCUT2D eigenvalue weighted by atomic mass is 14.0. The van der Waals surface area contributed by atoms with Crippen molar-refractivity contribution in [3.8, 4) is 0 Å². The summed E-state index contributed by atoms with van der Waals surface area (Å²) in [6.45, 7) is 12.1. The van der Waals surface area contributed by atoms with Gasteiger partial charge in [-0.05, 0) is 25.0 Å². The van der Waals surface area contributed by atoms with Crippen molar-refractivity contribution < 1.29 is 0 Å². The van der Waals surface area contributed by atoms with Crippen LogP contribution in [0, 0.1) is 6.92 Å². The van der Waals surface area contributed by atoms with Crippen molar-refractivity contribution in [1.82, 2.24) is 0 Å². The fraction of sp³-hybridized carbons (Fsp3) is 0.333. The van der Waals surface area contributed by atoms with Gasteiger partial charge in [-0.1, -0.05) is 68.8 Å². The Bertz CT molecular complexity index is 301. The second kappa shape index (κ2) is 8.05. The first-order valence-electron chi connectivity index (χ1n) is 5.55. The summed E-state index contributed by atoms with van der Waals surface area (Å²) in [5, 5.41) is 0. The highest BCUT2D eigenvalue weighted by Crippen LogP contribution is 2.15. The molecule has 0 saturated carbocycles. The van der Waals surface area contributed by atoms with E-state index in [-0.39, 0.29) is 0 Å². The SMILES string of the molecule is C=C/C(=C\C)c1ccc(C)cc1.CCC. The van der Waals surface area contributed by atoms with Crippen molar-refractivity contribution in [3.63, 3.8) is 0 Å². The van der Waals surface area contributed by atoms with E-state index in [4.69, 9.17) is 0 Å². The molecular weight excluding hydrogens is 180 g/mol. The van der Waals surface area contributed by atoms with E-state index in [1.807, 2.05) is 13.0 Å². The van der Waals surface area contributed by atoms with E-state index in [0.717, 1.165) is 0 Å². The summed E-state index contributed by atoms with van der Waals surface area (Å²) < 4.78 is 0. The molecule has 0 heterocycles. The zero-order chi connectivity index (χ0) is 11.7. The van der Waals surface area contributed by atoms with Gasteiger partial charge >= 0.3 is 0 Å². The number of allylic oxidation sites excluding steroid dienone is 3. The summed E-state index contributed by atoms with van der Waals surface area (Å²) >= 11 is 0. The van der Waals surface area contributed by atoms with Gasteiger partial charge in [0.25, 0.3) is 0 Å². The molecule has 1 aromatic carbocycles. The van der Waals surface area contributed by atoms with Gasteiger partial charge in [-0.25, -0.2) is 0 Å². The third-order valence-corrected chi connectivity index (χ3v) is 1.92. The van der Waals surface area contributed by atoms with Crippen molar-refractivity contribution in [2.75, 3.05) is 0 Å². The molecule has 0 atom stereocenters. The average molecular weight is 202 g/mol. The molecule has 15 heavy (non-hydrogen) atoms. The van der Waals surface area contributed by atoms with E-state index in [2.05, 4.69) is 57.7 Å². The lowest BCUT2D eigenvalue weighted by Gasteiger charge is -2.01. The van der Waals surface area contributed by atoms with Crippen LogP contribution >= 0.6 is 0 Å². The molecule has 82 valence electrons. The van der Waals surface area contributed by atoms with Crippen LogP contribution in [0.1, 0.15) is 38.3 Å². The number of hydrogen-bond donors (Lipinski definition) is 0. The molecule has 0 heteroatoms. The minimum Gasteiger partial charge on any atom is -0.0985 e. The van der Waals surface area contributed by atoms with Crippen molar-refractivity contribution in [1.29, 1.82) is 0 Å². The summed E-state index contributed by atoms with van der Waals surface area (Å²) in [6.07, 6.45) is 5.20. The molecule has 0 unspecified atom stereocenters. The quantitative estimate of drug-likeness (QED) is 0.592. The van der Waals surface area contributed by atoms with E-state index in [0.29, 0.717) is 0 Å². The third kappa shape index (κ3) is 5.21. The van der Waals surface area contributed by atoms with E-state index in [1.54, 1.807) is 0 Å². The Morgan fingerprint density at radius 2 is 1.67 bits per heavy atom. The fourth-order valence-electron chi connectivity index (χ4n) is 1.15. The Hall–Kier alpha value is -1.30. The smallest absolute Gasteiger partial charge is 0.0187 e. The van der Waals surface area contributed by atoms with Gasteiger partial charge in [0.05, 0.1) is 0 Å². The van der Waals surface area contributed by atoms with E-state index >= 15 is 0 Å². The number of rotatable bonds is 2. The molecule has 0 N–H and O–H groups in total. The molecule has 1 rings (SSSR count). The highest BCUT2D eigenvalue weighted by molar-refractivity contribution is 5.73. The van der Waals surface area contributed by atoms with Crippen LogP contribution in [0.3, 0.4) is 0 Å². The van der Waals surface area contributed by atoms with Crippen LogP contribution in [-0.4, -0.2) is 0 Å². The van der Waals surface area contributed by atoms with Gasteiger partial charge in [-0.2, -0.15) is 0 Å². The Morgan fingerprint density at radius 1 is 1.20 bits per heavy atom. The number of hydrogen-bond acceptors (Lipinski definition) is 0. The zero-order valence-corrected chi connectivity index (χ0v) is 10.4. The summed E-state index contributed by atoms with van der Waals surface area (Å²) in [6, 6.07) is 8.46. The van der Waals surface area contributed by atoms with Crippen molar-refractivity contribution in [2.45, 2.75) is 34.1 Å². The van der Waals surface area contributed by atoms with Gasteiger partial charge < -0.3 is 0 Å². The van der Waals surface area contributed by atoms with Crippen LogP contribution in [0.25, 0.3) is 5.57 Å². The van der Waals surface area contributed by atoms with Gasteiger partial charge in [0, 0.05) is 0 Å². The summed E-state index contributed by atoms with van der Waals surface area (Å²) in [4.78, 5) is 0. The largest absolute Gasteiger partial charge is 0.0985 e. The van der Waals surface area contributed by atoms with Crippen LogP contribution in [0.5, 0.6) is 0 Å². The molecule has 0 aliphatic heterocycles. The Kier molecular flexibility index (Phi) is 7.35. The minimum atomic E-state index is 1.19. The standard InChI is InChI=1S/C12H14.C3H8/c1-4-11(5-2)12-8-6-10(3)7-9-12;1-3-2/h4-9H,1H2,2-3H3;3H2,1-2H3/b11-5+;. The Morgan fingerprint density at radius 3 is 2.00 bits per heavy atom. The number of aryl methyl sites for hydroxylation is 1. The van der Waals surface area contributed by atoms with Gasteiger partial charge in [0.1, 0.15) is 0 Å². The Labute approximate surface area is 94.3 Å². The average Bonchev–Trinajstić information content (AvgIpc) is 2.24. The predicted octanol–water partition coefficient (Wildman–Crippen LogP) is 5.00. The second-order valence-corrected chi connectivity index (χ2v) is 3.52. The topological polar surface area (TPSA) is 0 Å². The molecule has 0 radical (unpaired) electrons. The monoisotopic (exact) mass is 202 g/mol. The van der Waals surface area contributed by atoms with Crippen molar-refractivity contribution in [2.24, 2.45) is 0 Å². The normalized spacial score (nSPS) is 10.3. The van der Waals surface area contributed by atoms with Crippen LogP contribution in [0.4, 0.5) is 0 Å². The summed E-state index contributed by atoms with van der Waals surface area (Å²) in [5.41, 5.74) is 3.71. The second-order valence-electron chi connectivity index (χ2n) is 3.52. The molecule has 0 fully saturated rings. The maximum Gasteiger partial charge on any atom is -0.0187 e. The van der Waals surface area contributed by atoms with Crippen LogP contribution < -0.4 is 0 Å². The summed E-state index contributed by atoms with van der Waals surface area (Å²) in [5.74, 6) is 0. The van der Waals surface area contributed by atoms with Crippen molar-refractivity contribution >= 4 is 5.57 Å². The first-order valence-corrected chi connectivity index (χ1v) is 5.55. The maximum atomic E-state index is 3.76. The van der Waals surface area contributed by atoms with Gasteiger partial charge in [-0.15, -0.1) is 0 Å². The molecule has 0 spiro atoms. The number of benzene rings is 1. The van der Waals surface area contributed by atoms with Crippen LogP contribution in [0.2, 0.25) is 0 Å². The Balaban J connectivity index is 0.000000583. The first-order chi connectivity index (χ1) is 7.19. The summed E-state index contributed by atoms with van der Waals surface area (Å²) in [7, 11) is 0. The minimum absolute atomic E-state index is 1.19. The molecule has 0 aliphatic carbocycles. The highest BCUT2D eigenvalue weighted by Gasteiger charge is 1.93. The molecule has 0 nitrogen and oxygen atoms in total. The lowest BCUT2D eigenvalue weighted by Crippen LogP contribution is -1.79. The molecular formula is C15H22. The first kappa shape index (κ1) is 13.7. The predicted molar refractivity (Wildman–Crippen MR) is 71.0 cm³/mol. The van der Waals surface area contributed by atoms with Gasteiger partial charge in [-0.3, -0.25) is 0 Å². The van der Waals surface area contributed by atoms with E-state index in [9.17, 15) is 0 Å². The van der Waals surface area contributed by atoms with Crippen LogP contribution in [-0.2, 0) is 0 Å². The molecule has 0 aliphatic rings. The molecule has 0 saturated heterocycles. The van der Waals surface area contributed by atoms with E-state index < -0.39 is 0 Å². The fourth-order valence-corrected chi connectivity index (χ4v) is 1.15. The van der Waals surface area contributed by atoms with E-state index in [1.165, 1.54) is 23.1 Å². The molecule has 1 aromatic rings. The lowest BCUT2D eigenvalue weighted by molar-refractivity contribution is 1.09. The van der Waals surface area contributed by atoms with Crippen molar-refractivity contribution in [3.05, 3.63) is 54.1 Å². The maximum absolute atomic E-state index is 3.76. The van der Waals surface area contributed by atoms with Gasteiger partial charge in [0.2, 0.25) is 0 Å². The molecule has 0 aromatic heterocycles. The molecule has 0 bridgehead atoms. The van der Waals surface area contributed by atoms with Gasteiger partial charge in [0.15, 0.2) is 0 Å². The zero-order valence-electron chi connectivity index (χ0n) is 10.4. The molecule has 0 amide bonds. The lowest BCUT2D eigenvalue weighted by atomic mass is 10.0. The third-order valence-electron chi connectivity index (χ3n) is 1.92. The van der Waals surface area contributed by atoms with Crippen LogP contribution in [0.15, 0.2) is 43.0 Å².